The van der Waals surface area contributed by atoms with Crippen molar-refractivity contribution in [2.75, 3.05) is 13.1 Å². The molecule has 5 nitrogen and oxygen atoms in total. The second kappa shape index (κ2) is 8.13. The first kappa shape index (κ1) is 18.7. The van der Waals surface area contributed by atoms with Crippen molar-refractivity contribution < 1.29 is 9.59 Å². The van der Waals surface area contributed by atoms with Gasteiger partial charge in [0.05, 0.1) is 0 Å². The molecule has 28 heavy (non-hydrogen) atoms. The monoisotopic (exact) mass is 377 g/mol. The Labute approximate surface area is 166 Å². The zero-order valence-electron chi connectivity index (χ0n) is 16.1. The minimum atomic E-state index is -0.825. The standard InChI is InChI=1S/C23H27N3O2/c27-21(25-17-20-7-4-12-24-16-20)23(10-11-23)22(28)26-13-8-19(9-14-26)15-18-5-2-1-3-6-18/h1-7,12,16,19H,8-11,13-15,17H2,(H,25,27). The van der Waals surface area contributed by atoms with Gasteiger partial charge in [-0.15, -0.1) is 0 Å². The number of carbonyl (C=O) groups excluding carboxylic acids is 2. The number of carbonyl (C=O) groups is 2. The Hall–Kier alpha value is -2.69. The lowest BCUT2D eigenvalue weighted by Gasteiger charge is -2.34. The summed E-state index contributed by atoms with van der Waals surface area (Å²) in [7, 11) is 0. The van der Waals surface area contributed by atoms with E-state index in [1.165, 1.54) is 5.56 Å². The summed E-state index contributed by atoms with van der Waals surface area (Å²) in [6.45, 7) is 1.93. The normalized spacial score (nSPS) is 18.5. The lowest BCUT2D eigenvalue weighted by molar-refractivity contribution is -0.145. The quantitative estimate of drug-likeness (QED) is 0.788. The second-order valence-corrected chi connectivity index (χ2v) is 8.05. The predicted octanol–water partition coefficient (Wildman–Crippen LogP) is 2.96. The minimum absolute atomic E-state index is 0.0225. The number of piperidine rings is 1. The van der Waals surface area contributed by atoms with E-state index in [0.29, 0.717) is 25.3 Å². The number of hydrogen-bond donors (Lipinski definition) is 1. The van der Waals surface area contributed by atoms with Crippen LogP contribution in [0.5, 0.6) is 0 Å². The molecule has 1 aliphatic carbocycles. The van der Waals surface area contributed by atoms with Crippen LogP contribution in [0, 0.1) is 11.3 Å². The summed E-state index contributed by atoms with van der Waals surface area (Å²) in [5.41, 5.74) is 1.48. The number of aromatic nitrogens is 1. The number of hydrogen-bond acceptors (Lipinski definition) is 3. The fourth-order valence-corrected chi connectivity index (χ4v) is 4.11. The van der Waals surface area contributed by atoms with Gasteiger partial charge in [-0.3, -0.25) is 14.6 Å². The van der Waals surface area contributed by atoms with Crippen LogP contribution in [0.1, 0.15) is 36.8 Å². The highest BCUT2D eigenvalue weighted by atomic mass is 16.2. The molecule has 0 spiro atoms. The van der Waals surface area contributed by atoms with Gasteiger partial charge < -0.3 is 10.2 Å². The van der Waals surface area contributed by atoms with Crippen LogP contribution in [-0.2, 0) is 22.6 Å². The zero-order chi connectivity index (χ0) is 19.4. The first-order valence-electron chi connectivity index (χ1n) is 10.2. The lowest BCUT2D eigenvalue weighted by atomic mass is 9.89. The average molecular weight is 377 g/mol. The number of nitrogens with zero attached hydrogens (tertiary/aromatic N) is 2. The molecule has 2 aromatic rings. The fourth-order valence-electron chi connectivity index (χ4n) is 4.11. The molecule has 0 radical (unpaired) electrons. The molecule has 1 aromatic heterocycles. The van der Waals surface area contributed by atoms with Gasteiger partial charge in [0.15, 0.2) is 0 Å². The molecule has 2 heterocycles. The molecule has 0 bridgehead atoms. The maximum absolute atomic E-state index is 13.1. The van der Waals surface area contributed by atoms with Crippen LogP contribution >= 0.6 is 0 Å². The summed E-state index contributed by atoms with van der Waals surface area (Å²) in [5, 5.41) is 2.94. The summed E-state index contributed by atoms with van der Waals surface area (Å²) >= 11 is 0. The second-order valence-electron chi connectivity index (χ2n) is 8.05. The Morgan fingerprint density at radius 2 is 1.75 bits per heavy atom. The van der Waals surface area contributed by atoms with Crippen LogP contribution < -0.4 is 5.32 Å². The smallest absolute Gasteiger partial charge is 0.238 e. The Morgan fingerprint density at radius 3 is 2.39 bits per heavy atom. The Balaban J connectivity index is 1.29. The molecule has 2 amide bonds. The van der Waals surface area contributed by atoms with E-state index in [1.54, 1.807) is 12.4 Å². The number of benzene rings is 1. The number of rotatable bonds is 6. The number of nitrogens with one attached hydrogen (secondary N) is 1. The van der Waals surface area contributed by atoms with Gasteiger partial charge in [-0.2, -0.15) is 0 Å². The molecule has 1 saturated heterocycles. The third-order valence-corrected chi connectivity index (χ3v) is 6.04. The van der Waals surface area contributed by atoms with E-state index in [0.717, 1.165) is 37.9 Å². The highest BCUT2D eigenvalue weighted by Crippen LogP contribution is 2.48. The minimum Gasteiger partial charge on any atom is -0.351 e. The van der Waals surface area contributed by atoms with E-state index in [9.17, 15) is 9.59 Å². The van der Waals surface area contributed by atoms with Gasteiger partial charge >= 0.3 is 0 Å². The molecule has 1 N–H and O–H groups in total. The van der Waals surface area contributed by atoms with E-state index < -0.39 is 5.41 Å². The summed E-state index contributed by atoms with van der Waals surface area (Å²) in [5.74, 6) is 0.503. The van der Waals surface area contributed by atoms with Gasteiger partial charge in [0.1, 0.15) is 5.41 Å². The molecule has 4 rings (SSSR count). The molecule has 5 heteroatoms. The molecule has 1 aromatic carbocycles. The van der Waals surface area contributed by atoms with Gasteiger partial charge in [-0.1, -0.05) is 36.4 Å². The van der Waals surface area contributed by atoms with Crippen molar-refractivity contribution in [1.82, 2.24) is 15.2 Å². The Morgan fingerprint density at radius 1 is 1.04 bits per heavy atom. The van der Waals surface area contributed by atoms with Crippen molar-refractivity contribution >= 4 is 11.8 Å². The van der Waals surface area contributed by atoms with Crippen LogP contribution in [-0.4, -0.2) is 34.8 Å². The fraction of sp³-hybridized carbons (Fsp3) is 0.435. The van der Waals surface area contributed by atoms with Crippen molar-refractivity contribution in [2.24, 2.45) is 11.3 Å². The highest BCUT2D eigenvalue weighted by molar-refractivity contribution is 6.07. The average Bonchev–Trinajstić information content (AvgIpc) is 3.56. The van der Waals surface area contributed by atoms with E-state index in [2.05, 4.69) is 34.6 Å². The maximum Gasteiger partial charge on any atom is 0.238 e. The van der Waals surface area contributed by atoms with Gasteiger partial charge in [0.25, 0.3) is 0 Å². The van der Waals surface area contributed by atoms with Crippen molar-refractivity contribution in [3.8, 4) is 0 Å². The molecule has 1 aliphatic heterocycles. The van der Waals surface area contributed by atoms with Crippen molar-refractivity contribution in [1.29, 1.82) is 0 Å². The summed E-state index contributed by atoms with van der Waals surface area (Å²) in [4.78, 5) is 31.7. The Bertz CT molecular complexity index is 810. The first-order valence-corrected chi connectivity index (χ1v) is 10.2. The van der Waals surface area contributed by atoms with Gasteiger partial charge in [0.2, 0.25) is 11.8 Å². The molecular weight excluding hydrogens is 350 g/mol. The molecule has 0 unspecified atom stereocenters. The zero-order valence-corrected chi connectivity index (χ0v) is 16.1. The van der Waals surface area contributed by atoms with E-state index in [1.807, 2.05) is 23.1 Å². The molecule has 2 fully saturated rings. The third kappa shape index (κ3) is 4.08. The maximum atomic E-state index is 13.1. The predicted molar refractivity (Wildman–Crippen MR) is 107 cm³/mol. The van der Waals surface area contributed by atoms with Gasteiger partial charge in [-0.05, 0) is 55.2 Å². The summed E-state index contributed by atoms with van der Waals surface area (Å²) in [6.07, 6.45) is 7.85. The Kier molecular flexibility index (Phi) is 5.42. The molecule has 2 aliphatic rings. The topological polar surface area (TPSA) is 62.3 Å². The number of pyridine rings is 1. The van der Waals surface area contributed by atoms with Gasteiger partial charge in [0, 0.05) is 32.0 Å². The van der Waals surface area contributed by atoms with Crippen molar-refractivity contribution in [3.63, 3.8) is 0 Å². The van der Waals surface area contributed by atoms with Crippen LogP contribution in [0.4, 0.5) is 0 Å². The number of amides is 2. The summed E-state index contributed by atoms with van der Waals surface area (Å²) < 4.78 is 0. The number of likely N-dealkylation sites (tertiary alicyclic amines) is 1. The van der Waals surface area contributed by atoms with E-state index in [-0.39, 0.29) is 11.8 Å². The molecule has 0 atom stereocenters. The van der Waals surface area contributed by atoms with Crippen molar-refractivity contribution in [2.45, 2.75) is 38.6 Å². The molecular formula is C23H27N3O2. The van der Waals surface area contributed by atoms with Crippen molar-refractivity contribution in [3.05, 3.63) is 66.0 Å². The first-order chi connectivity index (χ1) is 13.7. The third-order valence-electron chi connectivity index (χ3n) is 6.04. The largest absolute Gasteiger partial charge is 0.351 e. The van der Waals surface area contributed by atoms with Gasteiger partial charge in [-0.25, -0.2) is 0 Å². The van der Waals surface area contributed by atoms with Crippen LogP contribution in [0.25, 0.3) is 0 Å². The molecule has 146 valence electrons. The molecule has 1 saturated carbocycles. The highest BCUT2D eigenvalue weighted by Gasteiger charge is 2.58. The lowest BCUT2D eigenvalue weighted by Crippen LogP contribution is -2.48. The van der Waals surface area contributed by atoms with Crippen LogP contribution in [0.15, 0.2) is 54.9 Å². The van der Waals surface area contributed by atoms with Crippen LogP contribution in [0.3, 0.4) is 0 Å². The van der Waals surface area contributed by atoms with Crippen LogP contribution in [0.2, 0.25) is 0 Å². The SMILES string of the molecule is O=C(NCc1cccnc1)C1(C(=O)N2CCC(Cc3ccccc3)CC2)CC1. The summed E-state index contributed by atoms with van der Waals surface area (Å²) in [6, 6.07) is 14.3. The van der Waals surface area contributed by atoms with E-state index in [4.69, 9.17) is 0 Å². The van der Waals surface area contributed by atoms with E-state index >= 15 is 0 Å².